The molecule has 17 heavy (non-hydrogen) atoms. The first kappa shape index (κ1) is 11.3. The highest BCUT2D eigenvalue weighted by atomic mass is 16.2. The normalized spacial score (nSPS) is 10.2. The van der Waals surface area contributed by atoms with Gasteiger partial charge in [-0.15, -0.1) is 0 Å². The lowest BCUT2D eigenvalue weighted by atomic mass is 10.1. The zero-order valence-corrected chi connectivity index (χ0v) is 9.05. The Hall–Kier alpha value is -2.21. The van der Waals surface area contributed by atoms with E-state index in [9.17, 15) is 4.79 Å². The van der Waals surface area contributed by atoms with E-state index in [0.29, 0.717) is 12.1 Å². The number of nitrogens with zero attached hydrogens (tertiary/aromatic N) is 2. The summed E-state index contributed by atoms with van der Waals surface area (Å²) in [6, 6.07) is 7.26. The van der Waals surface area contributed by atoms with E-state index in [2.05, 4.69) is 20.5 Å². The minimum atomic E-state index is -0.336. The van der Waals surface area contributed by atoms with E-state index in [1.54, 1.807) is 12.1 Å². The summed E-state index contributed by atoms with van der Waals surface area (Å²) in [5.74, 6) is -0.165. The zero-order valence-electron chi connectivity index (χ0n) is 9.05. The highest BCUT2D eigenvalue weighted by Gasteiger charge is 2.08. The first-order valence-electron chi connectivity index (χ1n) is 5.16. The molecule has 0 fully saturated rings. The molecule has 1 heterocycles. The maximum atomic E-state index is 11.6. The summed E-state index contributed by atoms with van der Waals surface area (Å²) in [5.41, 5.74) is 1.69. The van der Waals surface area contributed by atoms with Crippen LogP contribution in [0.1, 0.15) is 16.2 Å². The number of hydrogen-bond acceptors (Lipinski definition) is 4. The van der Waals surface area contributed by atoms with Gasteiger partial charge in [-0.25, -0.2) is 4.98 Å². The topological polar surface area (TPSA) is 90.9 Å². The highest BCUT2D eigenvalue weighted by Crippen LogP contribution is 2.10. The number of carbonyl (C=O) groups excluding carboxylic acids is 1. The van der Waals surface area contributed by atoms with Crippen molar-refractivity contribution in [2.75, 3.05) is 11.9 Å². The van der Waals surface area contributed by atoms with Crippen LogP contribution in [0.15, 0.2) is 30.6 Å². The summed E-state index contributed by atoms with van der Waals surface area (Å²) in [4.78, 5) is 15.3. The Morgan fingerprint density at radius 3 is 2.71 bits per heavy atom. The van der Waals surface area contributed by atoms with Gasteiger partial charge in [0.2, 0.25) is 5.82 Å². The lowest BCUT2D eigenvalue weighted by Gasteiger charge is -2.04. The molecule has 1 amide bonds. The molecule has 2 aromatic rings. The standard InChI is InChI=1S/C11H12N4O2/c16-6-5-8-1-3-9(4-2-8)14-11(17)10-12-7-13-15-10/h1-4,7,16H,5-6H2,(H,14,17)(H,12,13,15). The van der Waals surface area contributed by atoms with E-state index in [1.165, 1.54) is 6.33 Å². The Morgan fingerprint density at radius 2 is 2.12 bits per heavy atom. The maximum absolute atomic E-state index is 11.6. The number of aliphatic hydroxyl groups is 1. The molecule has 1 aromatic carbocycles. The summed E-state index contributed by atoms with van der Waals surface area (Å²) < 4.78 is 0. The van der Waals surface area contributed by atoms with Crippen molar-refractivity contribution < 1.29 is 9.90 Å². The van der Waals surface area contributed by atoms with Gasteiger partial charge < -0.3 is 10.4 Å². The molecule has 0 unspecified atom stereocenters. The predicted octanol–water partition coefficient (Wildman–Crippen LogP) is 0.592. The van der Waals surface area contributed by atoms with Gasteiger partial charge in [0, 0.05) is 12.3 Å². The molecule has 6 heteroatoms. The van der Waals surface area contributed by atoms with E-state index in [-0.39, 0.29) is 18.3 Å². The van der Waals surface area contributed by atoms with Gasteiger partial charge in [-0.05, 0) is 24.1 Å². The minimum Gasteiger partial charge on any atom is -0.396 e. The van der Waals surface area contributed by atoms with Crippen LogP contribution in [0, 0.1) is 0 Å². The number of anilines is 1. The second-order valence-electron chi connectivity index (χ2n) is 3.46. The summed E-state index contributed by atoms with van der Waals surface area (Å²) in [5, 5.41) is 17.5. The van der Waals surface area contributed by atoms with Gasteiger partial charge in [-0.3, -0.25) is 9.89 Å². The van der Waals surface area contributed by atoms with Gasteiger partial charge >= 0.3 is 0 Å². The molecule has 0 saturated heterocycles. The Labute approximate surface area is 97.7 Å². The van der Waals surface area contributed by atoms with Crippen LogP contribution >= 0.6 is 0 Å². The number of benzene rings is 1. The van der Waals surface area contributed by atoms with Crippen molar-refractivity contribution in [1.82, 2.24) is 15.2 Å². The fourth-order valence-electron chi connectivity index (χ4n) is 1.39. The lowest BCUT2D eigenvalue weighted by molar-refractivity contribution is 0.101. The maximum Gasteiger partial charge on any atom is 0.292 e. The zero-order chi connectivity index (χ0) is 12.1. The summed E-state index contributed by atoms with van der Waals surface area (Å²) in [7, 11) is 0. The molecular weight excluding hydrogens is 220 g/mol. The molecule has 0 aliphatic heterocycles. The van der Waals surface area contributed by atoms with Crippen LogP contribution in [0.4, 0.5) is 5.69 Å². The highest BCUT2D eigenvalue weighted by molar-refractivity contribution is 6.01. The summed E-state index contributed by atoms with van der Waals surface area (Å²) >= 11 is 0. The third kappa shape index (κ3) is 2.88. The smallest absolute Gasteiger partial charge is 0.292 e. The number of carbonyl (C=O) groups is 1. The number of H-pyrrole nitrogens is 1. The summed E-state index contributed by atoms with van der Waals surface area (Å²) in [6.07, 6.45) is 1.88. The van der Waals surface area contributed by atoms with Gasteiger partial charge in [-0.2, -0.15) is 5.10 Å². The fraction of sp³-hybridized carbons (Fsp3) is 0.182. The largest absolute Gasteiger partial charge is 0.396 e. The average Bonchev–Trinajstić information content (AvgIpc) is 2.86. The van der Waals surface area contributed by atoms with Crippen molar-refractivity contribution in [3.63, 3.8) is 0 Å². The van der Waals surface area contributed by atoms with E-state index < -0.39 is 0 Å². The van der Waals surface area contributed by atoms with Crippen LogP contribution in [-0.4, -0.2) is 32.8 Å². The number of aliphatic hydroxyl groups excluding tert-OH is 1. The Kier molecular flexibility index (Phi) is 3.46. The van der Waals surface area contributed by atoms with Crippen molar-refractivity contribution >= 4 is 11.6 Å². The lowest BCUT2D eigenvalue weighted by Crippen LogP contribution is -2.13. The van der Waals surface area contributed by atoms with Gasteiger partial charge in [0.15, 0.2) is 0 Å². The SMILES string of the molecule is O=C(Nc1ccc(CCO)cc1)c1ncn[nH]1. The van der Waals surface area contributed by atoms with Gasteiger partial charge in [-0.1, -0.05) is 12.1 Å². The molecule has 0 aliphatic carbocycles. The van der Waals surface area contributed by atoms with Crippen LogP contribution in [0.5, 0.6) is 0 Å². The third-order valence-corrected chi connectivity index (χ3v) is 2.24. The molecule has 0 bridgehead atoms. The van der Waals surface area contributed by atoms with Crippen LogP contribution in [0.2, 0.25) is 0 Å². The second kappa shape index (κ2) is 5.22. The van der Waals surface area contributed by atoms with E-state index >= 15 is 0 Å². The fourth-order valence-corrected chi connectivity index (χ4v) is 1.39. The van der Waals surface area contributed by atoms with Crippen molar-refractivity contribution in [2.24, 2.45) is 0 Å². The van der Waals surface area contributed by atoms with Crippen molar-refractivity contribution in [3.8, 4) is 0 Å². The molecule has 0 spiro atoms. The molecule has 0 atom stereocenters. The number of nitrogens with one attached hydrogen (secondary N) is 2. The van der Waals surface area contributed by atoms with Crippen LogP contribution in [-0.2, 0) is 6.42 Å². The van der Waals surface area contributed by atoms with Gasteiger partial charge in [0.05, 0.1) is 0 Å². The molecule has 1 aromatic heterocycles. The molecule has 88 valence electrons. The summed E-state index contributed by atoms with van der Waals surface area (Å²) in [6.45, 7) is 0.115. The Balaban J connectivity index is 2.01. The molecule has 3 N–H and O–H groups in total. The van der Waals surface area contributed by atoms with Crippen LogP contribution in [0.25, 0.3) is 0 Å². The van der Waals surface area contributed by atoms with Gasteiger partial charge in [0.25, 0.3) is 5.91 Å². The molecule has 0 radical (unpaired) electrons. The Bertz CT molecular complexity index is 479. The van der Waals surface area contributed by atoms with E-state index in [0.717, 1.165) is 5.56 Å². The minimum absolute atomic E-state index is 0.115. The molecule has 0 saturated carbocycles. The first-order chi connectivity index (χ1) is 8.29. The monoisotopic (exact) mass is 232 g/mol. The van der Waals surface area contributed by atoms with Crippen LogP contribution in [0.3, 0.4) is 0 Å². The molecule has 6 nitrogen and oxygen atoms in total. The van der Waals surface area contributed by atoms with Crippen LogP contribution < -0.4 is 5.32 Å². The van der Waals surface area contributed by atoms with Crippen molar-refractivity contribution in [2.45, 2.75) is 6.42 Å². The third-order valence-electron chi connectivity index (χ3n) is 2.24. The first-order valence-corrected chi connectivity index (χ1v) is 5.16. The Morgan fingerprint density at radius 1 is 1.35 bits per heavy atom. The molecule has 0 aliphatic rings. The predicted molar refractivity (Wildman–Crippen MR) is 61.6 cm³/mol. The number of hydrogen-bond donors (Lipinski definition) is 3. The quantitative estimate of drug-likeness (QED) is 0.719. The second-order valence-corrected chi connectivity index (χ2v) is 3.46. The van der Waals surface area contributed by atoms with Crippen molar-refractivity contribution in [1.29, 1.82) is 0 Å². The molecular formula is C11H12N4O2. The molecule has 2 rings (SSSR count). The van der Waals surface area contributed by atoms with Gasteiger partial charge in [0.1, 0.15) is 6.33 Å². The number of amides is 1. The van der Waals surface area contributed by atoms with E-state index in [1.807, 2.05) is 12.1 Å². The number of aromatic amines is 1. The van der Waals surface area contributed by atoms with E-state index in [4.69, 9.17) is 5.11 Å². The number of aromatic nitrogens is 3. The average molecular weight is 232 g/mol. The van der Waals surface area contributed by atoms with Crippen molar-refractivity contribution in [3.05, 3.63) is 42.0 Å². The number of rotatable bonds is 4.